The van der Waals surface area contributed by atoms with Crippen molar-refractivity contribution in [3.8, 4) is 5.75 Å². The third-order valence-electron chi connectivity index (χ3n) is 3.28. The first-order valence-corrected chi connectivity index (χ1v) is 5.79. The molecule has 2 rings (SSSR count). The molecule has 1 heterocycles. The van der Waals surface area contributed by atoms with E-state index in [0.717, 1.165) is 25.3 Å². The SMILES string of the molecule is COc1ccccc1C1CNCC(CO)C1. The molecule has 16 heavy (non-hydrogen) atoms. The molecule has 0 spiro atoms. The van der Waals surface area contributed by atoms with Crippen LogP contribution in [0.5, 0.6) is 5.75 Å². The highest BCUT2D eigenvalue weighted by Crippen LogP contribution is 2.32. The summed E-state index contributed by atoms with van der Waals surface area (Å²) in [4.78, 5) is 0. The Balaban J connectivity index is 2.16. The molecular weight excluding hydrogens is 202 g/mol. The molecule has 1 aliphatic rings. The third-order valence-corrected chi connectivity index (χ3v) is 3.28. The van der Waals surface area contributed by atoms with Crippen molar-refractivity contribution in [1.29, 1.82) is 0 Å². The number of hydrogen-bond donors (Lipinski definition) is 2. The van der Waals surface area contributed by atoms with Crippen molar-refractivity contribution >= 4 is 0 Å². The molecule has 2 atom stereocenters. The molecule has 1 aromatic rings. The lowest BCUT2D eigenvalue weighted by Crippen LogP contribution is -2.36. The van der Waals surface area contributed by atoms with Crippen LogP contribution in [0.1, 0.15) is 17.9 Å². The summed E-state index contributed by atoms with van der Waals surface area (Å²) in [6.07, 6.45) is 1.03. The number of ether oxygens (including phenoxy) is 1. The first-order chi connectivity index (χ1) is 7.85. The average Bonchev–Trinajstić information content (AvgIpc) is 2.38. The second kappa shape index (κ2) is 5.32. The van der Waals surface area contributed by atoms with Gasteiger partial charge in [0.05, 0.1) is 7.11 Å². The number of rotatable bonds is 3. The number of nitrogens with one attached hydrogen (secondary N) is 1. The number of aliphatic hydroxyl groups is 1. The maximum atomic E-state index is 9.21. The minimum atomic E-state index is 0.263. The monoisotopic (exact) mass is 221 g/mol. The summed E-state index contributed by atoms with van der Waals surface area (Å²) < 4.78 is 5.38. The Bertz CT molecular complexity index is 340. The van der Waals surface area contributed by atoms with Crippen LogP contribution >= 0.6 is 0 Å². The van der Waals surface area contributed by atoms with Gasteiger partial charge in [-0.2, -0.15) is 0 Å². The average molecular weight is 221 g/mol. The predicted octanol–water partition coefficient (Wildman–Crippen LogP) is 1.38. The van der Waals surface area contributed by atoms with Crippen molar-refractivity contribution in [3.63, 3.8) is 0 Å². The Hall–Kier alpha value is -1.06. The number of methoxy groups -OCH3 is 1. The van der Waals surface area contributed by atoms with Crippen LogP contribution in [0.4, 0.5) is 0 Å². The van der Waals surface area contributed by atoms with Crippen molar-refractivity contribution in [2.24, 2.45) is 5.92 Å². The normalized spacial score (nSPS) is 25.4. The molecule has 3 heteroatoms. The van der Waals surface area contributed by atoms with E-state index in [4.69, 9.17) is 4.74 Å². The highest BCUT2D eigenvalue weighted by Gasteiger charge is 2.24. The van der Waals surface area contributed by atoms with Crippen LogP contribution in [-0.4, -0.2) is 31.9 Å². The minimum absolute atomic E-state index is 0.263. The Morgan fingerprint density at radius 3 is 2.94 bits per heavy atom. The summed E-state index contributed by atoms with van der Waals surface area (Å²) in [5.74, 6) is 1.76. The van der Waals surface area contributed by atoms with Gasteiger partial charge in [0.25, 0.3) is 0 Å². The molecule has 0 saturated carbocycles. The van der Waals surface area contributed by atoms with Gasteiger partial charge in [0.15, 0.2) is 0 Å². The lowest BCUT2D eigenvalue weighted by atomic mass is 9.85. The Kier molecular flexibility index (Phi) is 3.80. The van der Waals surface area contributed by atoms with E-state index in [2.05, 4.69) is 11.4 Å². The maximum absolute atomic E-state index is 9.21. The molecule has 0 aliphatic carbocycles. The van der Waals surface area contributed by atoms with Gasteiger partial charge in [0, 0.05) is 25.6 Å². The van der Waals surface area contributed by atoms with Crippen molar-refractivity contribution in [1.82, 2.24) is 5.32 Å². The van der Waals surface area contributed by atoms with Crippen LogP contribution in [0.25, 0.3) is 0 Å². The standard InChI is InChI=1S/C13H19NO2/c1-16-13-5-3-2-4-12(13)11-6-10(9-15)7-14-8-11/h2-5,10-11,14-15H,6-9H2,1H3. The van der Waals surface area contributed by atoms with Gasteiger partial charge in [0.1, 0.15) is 5.75 Å². The molecule has 88 valence electrons. The first-order valence-electron chi connectivity index (χ1n) is 5.79. The van der Waals surface area contributed by atoms with Crippen molar-refractivity contribution < 1.29 is 9.84 Å². The van der Waals surface area contributed by atoms with Crippen molar-refractivity contribution in [2.75, 3.05) is 26.8 Å². The summed E-state index contributed by atoms with van der Waals surface area (Å²) >= 11 is 0. The molecule has 1 aliphatic heterocycles. The van der Waals surface area contributed by atoms with E-state index in [-0.39, 0.29) is 6.61 Å². The van der Waals surface area contributed by atoms with Gasteiger partial charge in [-0.25, -0.2) is 0 Å². The van der Waals surface area contributed by atoms with Gasteiger partial charge in [-0.1, -0.05) is 18.2 Å². The lowest BCUT2D eigenvalue weighted by molar-refractivity contribution is 0.189. The van der Waals surface area contributed by atoms with Gasteiger partial charge in [-0.05, 0) is 24.0 Å². The van der Waals surface area contributed by atoms with E-state index in [1.165, 1.54) is 5.56 Å². The molecule has 2 N–H and O–H groups in total. The largest absolute Gasteiger partial charge is 0.496 e. The molecule has 1 saturated heterocycles. The minimum Gasteiger partial charge on any atom is -0.496 e. The molecule has 2 unspecified atom stereocenters. The zero-order valence-electron chi connectivity index (χ0n) is 9.65. The lowest BCUT2D eigenvalue weighted by Gasteiger charge is -2.30. The Morgan fingerprint density at radius 2 is 2.19 bits per heavy atom. The van der Waals surface area contributed by atoms with Crippen LogP contribution in [0.2, 0.25) is 0 Å². The van der Waals surface area contributed by atoms with Gasteiger partial charge in [-0.3, -0.25) is 0 Å². The fourth-order valence-electron chi connectivity index (χ4n) is 2.41. The van der Waals surface area contributed by atoms with Crippen LogP contribution in [-0.2, 0) is 0 Å². The smallest absolute Gasteiger partial charge is 0.122 e. The molecule has 0 aromatic heterocycles. The molecular formula is C13H19NO2. The van der Waals surface area contributed by atoms with E-state index >= 15 is 0 Å². The number of piperidine rings is 1. The molecule has 0 amide bonds. The molecule has 0 bridgehead atoms. The van der Waals surface area contributed by atoms with Crippen LogP contribution < -0.4 is 10.1 Å². The quantitative estimate of drug-likeness (QED) is 0.810. The summed E-state index contributed by atoms with van der Waals surface area (Å²) in [7, 11) is 1.71. The van der Waals surface area contributed by atoms with Gasteiger partial charge in [-0.15, -0.1) is 0 Å². The Labute approximate surface area is 96.4 Å². The molecule has 1 fully saturated rings. The van der Waals surface area contributed by atoms with Crippen LogP contribution in [0.15, 0.2) is 24.3 Å². The molecule has 0 radical (unpaired) electrons. The summed E-state index contributed by atoms with van der Waals surface area (Å²) in [6.45, 7) is 2.15. The number of benzene rings is 1. The zero-order chi connectivity index (χ0) is 11.4. The summed E-state index contributed by atoms with van der Waals surface area (Å²) in [5.41, 5.74) is 1.25. The van der Waals surface area contributed by atoms with Crippen molar-refractivity contribution in [3.05, 3.63) is 29.8 Å². The van der Waals surface area contributed by atoms with Gasteiger partial charge >= 0.3 is 0 Å². The van der Waals surface area contributed by atoms with E-state index < -0.39 is 0 Å². The fraction of sp³-hybridized carbons (Fsp3) is 0.538. The molecule has 3 nitrogen and oxygen atoms in total. The van der Waals surface area contributed by atoms with Crippen LogP contribution in [0.3, 0.4) is 0 Å². The third kappa shape index (κ3) is 2.36. The first kappa shape index (κ1) is 11.4. The number of para-hydroxylation sites is 1. The van der Waals surface area contributed by atoms with E-state index in [1.807, 2.05) is 18.2 Å². The van der Waals surface area contributed by atoms with Crippen molar-refractivity contribution in [2.45, 2.75) is 12.3 Å². The number of hydrogen-bond acceptors (Lipinski definition) is 3. The highest BCUT2D eigenvalue weighted by molar-refractivity contribution is 5.36. The van der Waals surface area contributed by atoms with E-state index in [0.29, 0.717) is 11.8 Å². The summed E-state index contributed by atoms with van der Waals surface area (Å²) in [5, 5.41) is 12.6. The topological polar surface area (TPSA) is 41.5 Å². The second-order valence-corrected chi connectivity index (χ2v) is 4.38. The zero-order valence-corrected chi connectivity index (χ0v) is 9.65. The van der Waals surface area contributed by atoms with E-state index in [1.54, 1.807) is 7.11 Å². The van der Waals surface area contributed by atoms with Gasteiger partial charge < -0.3 is 15.2 Å². The maximum Gasteiger partial charge on any atom is 0.122 e. The molecule has 1 aromatic carbocycles. The summed E-state index contributed by atoms with van der Waals surface area (Å²) in [6, 6.07) is 8.14. The Morgan fingerprint density at radius 1 is 1.38 bits per heavy atom. The second-order valence-electron chi connectivity index (χ2n) is 4.38. The van der Waals surface area contributed by atoms with Gasteiger partial charge in [0.2, 0.25) is 0 Å². The van der Waals surface area contributed by atoms with Crippen LogP contribution in [0, 0.1) is 5.92 Å². The predicted molar refractivity (Wildman–Crippen MR) is 63.8 cm³/mol. The highest BCUT2D eigenvalue weighted by atomic mass is 16.5. The number of aliphatic hydroxyl groups excluding tert-OH is 1. The fourth-order valence-corrected chi connectivity index (χ4v) is 2.41. The van der Waals surface area contributed by atoms with E-state index in [9.17, 15) is 5.11 Å².